The first kappa shape index (κ1) is 21.4. The molecule has 3 aromatic rings. The molecule has 3 heterocycles. The van der Waals surface area contributed by atoms with Crippen LogP contribution in [0.25, 0.3) is 22.4 Å². The number of oxazole rings is 1. The lowest BCUT2D eigenvalue weighted by molar-refractivity contribution is 0.0216. The Morgan fingerprint density at radius 1 is 1.29 bits per heavy atom. The molecule has 4 rings (SSSR count). The molecule has 1 amide bonds. The number of aromatic nitrogens is 2. The minimum Gasteiger partial charge on any atom is -0.444 e. The Morgan fingerprint density at radius 2 is 2.06 bits per heavy atom. The highest BCUT2D eigenvalue weighted by Crippen LogP contribution is 2.37. The molecule has 164 valence electrons. The van der Waals surface area contributed by atoms with Crippen LogP contribution in [0.2, 0.25) is 5.02 Å². The van der Waals surface area contributed by atoms with E-state index < -0.39 is 5.60 Å². The summed E-state index contributed by atoms with van der Waals surface area (Å²) in [7, 11) is 0. The Balaban J connectivity index is 1.64. The normalized spacial score (nSPS) is 17.3. The Morgan fingerprint density at radius 3 is 2.71 bits per heavy atom. The van der Waals surface area contributed by atoms with E-state index in [1.165, 1.54) is 0 Å². The van der Waals surface area contributed by atoms with E-state index in [0.29, 0.717) is 41.8 Å². The van der Waals surface area contributed by atoms with Gasteiger partial charge in [0.2, 0.25) is 0 Å². The number of pyridine rings is 1. The molecule has 1 saturated heterocycles. The summed E-state index contributed by atoms with van der Waals surface area (Å²) in [6.07, 6.45) is 1.45. The van der Waals surface area contributed by atoms with E-state index in [2.05, 4.69) is 9.88 Å². The van der Waals surface area contributed by atoms with Crippen LogP contribution in [-0.4, -0.2) is 52.2 Å². The maximum absolute atomic E-state index is 12.4. The molecule has 0 spiro atoms. The molecule has 1 aromatic carbocycles. The minimum atomic E-state index is -0.517. The van der Waals surface area contributed by atoms with E-state index in [1.54, 1.807) is 11.1 Å². The highest BCUT2D eigenvalue weighted by atomic mass is 35.5. The molecule has 0 radical (unpaired) electrons. The van der Waals surface area contributed by atoms with Crippen LogP contribution in [0.5, 0.6) is 0 Å². The lowest BCUT2D eigenvalue weighted by atomic mass is 10.0. The van der Waals surface area contributed by atoms with Crippen molar-refractivity contribution in [2.24, 2.45) is 0 Å². The maximum atomic E-state index is 12.4. The van der Waals surface area contributed by atoms with Gasteiger partial charge in [0.25, 0.3) is 6.01 Å². The quantitative estimate of drug-likeness (QED) is 0.536. The van der Waals surface area contributed by atoms with Crippen LogP contribution in [0.3, 0.4) is 0 Å². The molecule has 0 aliphatic carbocycles. The number of carbonyl (C=O) groups is 1. The molecule has 0 bridgehead atoms. The maximum Gasteiger partial charge on any atom is 0.410 e. The fourth-order valence-electron chi connectivity index (χ4n) is 3.79. The van der Waals surface area contributed by atoms with Gasteiger partial charge in [-0.3, -0.25) is 4.98 Å². The van der Waals surface area contributed by atoms with Gasteiger partial charge in [0.05, 0.1) is 5.69 Å². The van der Waals surface area contributed by atoms with E-state index in [1.807, 2.05) is 58.9 Å². The van der Waals surface area contributed by atoms with Gasteiger partial charge < -0.3 is 19.0 Å². The molecular formula is C23H27ClN4O3. The fraction of sp³-hybridized carbons (Fsp3) is 0.435. The van der Waals surface area contributed by atoms with Gasteiger partial charge in [0, 0.05) is 42.5 Å². The first-order chi connectivity index (χ1) is 14.6. The summed E-state index contributed by atoms with van der Waals surface area (Å²) in [6.45, 7) is 11.3. The number of halogens is 1. The highest BCUT2D eigenvalue weighted by Gasteiger charge is 2.32. The predicted molar refractivity (Wildman–Crippen MR) is 122 cm³/mol. The van der Waals surface area contributed by atoms with Gasteiger partial charge in [-0.25, -0.2) is 4.79 Å². The third-order valence-electron chi connectivity index (χ3n) is 5.31. The molecule has 1 unspecified atom stereocenters. The lowest BCUT2D eigenvalue weighted by Crippen LogP contribution is -2.54. The minimum absolute atomic E-state index is 0.0178. The van der Waals surface area contributed by atoms with Crippen molar-refractivity contribution in [3.05, 3.63) is 41.0 Å². The van der Waals surface area contributed by atoms with Crippen LogP contribution < -0.4 is 4.90 Å². The summed E-state index contributed by atoms with van der Waals surface area (Å²) in [5.41, 5.74) is 3.38. The molecule has 1 aliphatic heterocycles. The van der Waals surface area contributed by atoms with Crippen LogP contribution in [0, 0.1) is 6.92 Å². The molecule has 31 heavy (non-hydrogen) atoms. The second kappa shape index (κ2) is 8.04. The Labute approximate surface area is 187 Å². The zero-order valence-corrected chi connectivity index (χ0v) is 19.2. The molecule has 2 aromatic heterocycles. The van der Waals surface area contributed by atoms with Gasteiger partial charge in [0.15, 0.2) is 5.58 Å². The first-order valence-corrected chi connectivity index (χ1v) is 10.8. The Bertz CT molecular complexity index is 1110. The lowest BCUT2D eigenvalue weighted by Gasteiger charge is -2.39. The first-order valence-electron chi connectivity index (χ1n) is 10.4. The van der Waals surface area contributed by atoms with Crippen LogP contribution in [0.15, 0.2) is 34.9 Å². The van der Waals surface area contributed by atoms with E-state index in [4.69, 9.17) is 25.7 Å². The van der Waals surface area contributed by atoms with Gasteiger partial charge in [-0.2, -0.15) is 4.98 Å². The summed E-state index contributed by atoms with van der Waals surface area (Å²) >= 11 is 6.49. The summed E-state index contributed by atoms with van der Waals surface area (Å²) in [5.74, 6) is 0. The highest BCUT2D eigenvalue weighted by molar-refractivity contribution is 6.32. The summed E-state index contributed by atoms with van der Waals surface area (Å²) in [6, 6.07) is 8.10. The molecule has 1 aliphatic rings. The van der Waals surface area contributed by atoms with Gasteiger partial charge in [-0.1, -0.05) is 17.7 Å². The summed E-state index contributed by atoms with van der Waals surface area (Å²) in [5, 5.41) is 0.621. The number of anilines is 1. The zero-order chi connectivity index (χ0) is 22.3. The predicted octanol–water partition coefficient (Wildman–Crippen LogP) is 5.30. The molecule has 1 atom stereocenters. The number of hydrogen-bond donors (Lipinski definition) is 0. The second-order valence-corrected chi connectivity index (χ2v) is 9.29. The third-order valence-corrected chi connectivity index (χ3v) is 5.70. The van der Waals surface area contributed by atoms with Crippen molar-refractivity contribution in [3.63, 3.8) is 0 Å². The van der Waals surface area contributed by atoms with E-state index in [-0.39, 0.29) is 12.1 Å². The van der Waals surface area contributed by atoms with Gasteiger partial charge >= 0.3 is 6.09 Å². The monoisotopic (exact) mass is 442 g/mol. The number of ether oxygens (including phenoxy) is 1. The van der Waals surface area contributed by atoms with Crippen LogP contribution in [0.1, 0.15) is 33.3 Å². The third kappa shape index (κ3) is 4.32. The van der Waals surface area contributed by atoms with Crippen molar-refractivity contribution >= 4 is 34.8 Å². The Kier molecular flexibility index (Phi) is 5.56. The number of carbonyl (C=O) groups excluding carboxylic acids is 1. The van der Waals surface area contributed by atoms with Crippen molar-refractivity contribution in [2.75, 3.05) is 24.5 Å². The topological polar surface area (TPSA) is 71.7 Å². The van der Waals surface area contributed by atoms with Crippen LogP contribution in [-0.2, 0) is 4.74 Å². The number of benzene rings is 1. The van der Waals surface area contributed by atoms with Gasteiger partial charge in [-0.15, -0.1) is 0 Å². The molecule has 0 N–H and O–H groups in total. The zero-order valence-electron chi connectivity index (χ0n) is 18.5. The summed E-state index contributed by atoms with van der Waals surface area (Å²) < 4.78 is 11.8. The van der Waals surface area contributed by atoms with Crippen LogP contribution in [0.4, 0.5) is 10.8 Å². The molecule has 0 saturated carbocycles. The van der Waals surface area contributed by atoms with E-state index in [0.717, 1.165) is 16.8 Å². The van der Waals surface area contributed by atoms with Crippen molar-refractivity contribution in [3.8, 4) is 11.3 Å². The van der Waals surface area contributed by atoms with Gasteiger partial charge in [0.1, 0.15) is 11.1 Å². The standard InChI is InChI=1S/C23H27ClN4O3/c1-14-13-27(22(29)31-23(3,4)5)10-11-28(14)21-26-18-12-16(24)15(2)19(20(18)30-21)17-8-6-7-9-25-17/h6-9,12,14H,10-11,13H2,1-5H3. The fourth-order valence-corrected chi connectivity index (χ4v) is 3.99. The molecule has 8 heteroatoms. The molecular weight excluding hydrogens is 416 g/mol. The van der Waals surface area contributed by atoms with Crippen molar-refractivity contribution in [2.45, 2.75) is 46.3 Å². The largest absolute Gasteiger partial charge is 0.444 e. The smallest absolute Gasteiger partial charge is 0.410 e. The summed E-state index contributed by atoms with van der Waals surface area (Å²) in [4.78, 5) is 25.4. The number of piperazine rings is 1. The van der Waals surface area contributed by atoms with E-state index in [9.17, 15) is 4.79 Å². The number of nitrogens with zero attached hydrogens (tertiary/aromatic N) is 4. The number of rotatable bonds is 2. The number of fused-ring (bicyclic) bond motifs is 1. The molecule has 7 nitrogen and oxygen atoms in total. The van der Waals surface area contributed by atoms with E-state index >= 15 is 0 Å². The van der Waals surface area contributed by atoms with Crippen LogP contribution >= 0.6 is 11.6 Å². The Hall–Kier alpha value is -2.80. The van der Waals surface area contributed by atoms with Crippen molar-refractivity contribution < 1.29 is 13.9 Å². The van der Waals surface area contributed by atoms with Gasteiger partial charge in [-0.05, 0) is 58.4 Å². The average molecular weight is 443 g/mol. The average Bonchev–Trinajstić information content (AvgIpc) is 3.11. The number of amides is 1. The number of hydrogen-bond acceptors (Lipinski definition) is 6. The van der Waals surface area contributed by atoms with Crippen molar-refractivity contribution in [1.29, 1.82) is 0 Å². The molecule has 1 fully saturated rings. The second-order valence-electron chi connectivity index (χ2n) is 8.89. The SMILES string of the molecule is Cc1c(Cl)cc2nc(N3CCN(C(=O)OC(C)(C)C)CC3C)oc2c1-c1ccccn1. The van der Waals surface area contributed by atoms with Crippen molar-refractivity contribution in [1.82, 2.24) is 14.9 Å².